The van der Waals surface area contributed by atoms with Gasteiger partial charge in [0.2, 0.25) is 5.91 Å². The minimum absolute atomic E-state index is 0.211. The molecule has 0 aromatic carbocycles. The quantitative estimate of drug-likeness (QED) is 0.779. The van der Waals surface area contributed by atoms with Crippen LogP contribution in [0.3, 0.4) is 0 Å². The summed E-state index contributed by atoms with van der Waals surface area (Å²) in [5.74, 6) is 0.567. The zero-order valence-corrected chi connectivity index (χ0v) is 14.7. The van der Waals surface area contributed by atoms with E-state index in [4.69, 9.17) is 4.74 Å². The van der Waals surface area contributed by atoms with Crippen molar-refractivity contribution >= 4 is 5.91 Å². The maximum absolute atomic E-state index is 12.5. The third-order valence-electron chi connectivity index (χ3n) is 5.46. The molecule has 1 amide bonds. The number of amides is 1. The van der Waals surface area contributed by atoms with Gasteiger partial charge in [-0.05, 0) is 26.8 Å². The molecular formula is C17H32N4O2. The number of carbonyl (C=O) groups excluding carboxylic acids is 1. The topological polar surface area (TPSA) is 48.1 Å². The Morgan fingerprint density at radius 2 is 2.00 bits per heavy atom. The number of nitrogens with one attached hydrogen (secondary N) is 1. The molecule has 6 heteroatoms. The number of hydrogen-bond acceptors (Lipinski definition) is 5. The summed E-state index contributed by atoms with van der Waals surface area (Å²) in [6.07, 6.45) is 1.31. The van der Waals surface area contributed by atoms with Gasteiger partial charge in [-0.25, -0.2) is 0 Å². The Kier molecular flexibility index (Phi) is 5.91. The smallest absolute Gasteiger partial charge is 0.227 e. The number of ether oxygens (including phenoxy) is 1. The predicted molar refractivity (Wildman–Crippen MR) is 90.4 cm³/mol. The van der Waals surface area contributed by atoms with Crippen molar-refractivity contribution in [1.29, 1.82) is 0 Å². The van der Waals surface area contributed by atoms with E-state index in [0.717, 1.165) is 71.9 Å². The van der Waals surface area contributed by atoms with Gasteiger partial charge in [0.1, 0.15) is 0 Å². The molecule has 0 aromatic rings. The van der Waals surface area contributed by atoms with Crippen LogP contribution in [0.1, 0.15) is 20.3 Å². The molecule has 1 N–H and O–H groups in total. The fourth-order valence-electron chi connectivity index (χ4n) is 3.88. The Hall–Kier alpha value is -0.690. The van der Waals surface area contributed by atoms with E-state index in [0.29, 0.717) is 18.1 Å². The fraction of sp³-hybridized carbons (Fsp3) is 0.941. The lowest BCUT2D eigenvalue weighted by Gasteiger charge is -2.40. The van der Waals surface area contributed by atoms with Crippen LogP contribution in [-0.2, 0) is 9.53 Å². The van der Waals surface area contributed by atoms with E-state index in [1.54, 1.807) is 0 Å². The Labute approximate surface area is 140 Å². The summed E-state index contributed by atoms with van der Waals surface area (Å²) < 4.78 is 5.94. The first kappa shape index (κ1) is 17.1. The summed E-state index contributed by atoms with van der Waals surface area (Å²) in [4.78, 5) is 19.5. The first-order chi connectivity index (χ1) is 11.1. The minimum atomic E-state index is 0.211. The maximum atomic E-state index is 12.5. The monoisotopic (exact) mass is 324 g/mol. The molecule has 0 bridgehead atoms. The van der Waals surface area contributed by atoms with E-state index in [1.165, 1.54) is 0 Å². The average molecular weight is 324 g/mol. The van der Waals surface area contributed by atoms with Crippen molar-refractivity contribution in [3.8, 4) is 0 Å². The summed E-state index contributed by atoms with van der Waals surface area (Å²) in [7, 11) is 0. The molecule has 3 aliphatic rings. The molecule has 0 aliphatic carbocycles. The van der Waals surface area contributed by atoms with Crippen molar-refractivity contribution in [2.75, 3.05) is 65.5 Å². The highest BCUT2D eigenvalue weighted by molar-refractivity contribution is 5.79. The van der Waals surface area contributed by atoms with E-state index in [-0.39, 0.29) is 5.92 Å². The molecular weight excluding hydrogens is 292 g/mol. The molecule has 0 radical (unpaired) electrons. The normalized spacial score (nSPS) is 31.0. The molecule has 0 saturated carbocycles. The molecule has 3 saturated heterocycles. The molecule has 0 spiro atoms. The van der Waals surface area contributed by atoms with Gasteiger partial charge in [-0.1, -0.05) is 0 Å². The summed E-state index contributed by atoms with van der Waals surface area (Å²) in [5.41, 5.74) is 0. The van der Waals surface area contributed by atoms with E-state index in [2.05, 4.69) is 33.9 Å². The second-order valence-corrected chi connectivity index (χ2v) is 7.40. The number of morpholine rings is 1. The molecule has 6 nitrogen and oxygen atoms in total. The SMILES string of the molecule is CC(C)N1CCOC(CN2CCN(C(=O)C3CCNC3)CC2)C1. The molecule has 23 heavy (non-hydrogen) atoms. The third kappa shape index (κ3) is 4.44. The van der Waals surface area contributed by atoms with Gasteiger partial charge >= 0.3 is 0 Å². The van der Waals surface area contributed by atoms with Crippen LogP contribution < -0.4 is 5.32 Å². The lowest BCUT2D eigenvalue weighted by molar-refractivity contribution is -0.137. The zero-order valence-electron chi connectivity index (χ0n) is 14.7. The lowest BCUT2D eigenvalue weighted by atomic mass is 10.1. The van der Waals surface area contributed by atoms with E-state index in [1.807, 2.05) is 0 Å². The van der Waals surface area contributed by atoms with Crippen molar-refractivity contribution in [2.24, 2.45) is 5.92 Å². The molecule has 132 valence electrons. The van der Waals surface area contributed by atoms with Crippen LogP contribution in [-0.4, -0.2) is 98.3 Å². The standard InChI is InChI=1S/C17H32N4O2/c1-14(2)21-9-10-23-16(13-21)12-19-5-7-20(8-6-19)17(22)15-3-4-18-11-15/h14-16,18H,3-13H2,1-2H3. The lowest BCUT2D eigenvalue weighted by Crippen LogP contribution is -2.55. The molecule has 2 atom stereocenters. The van der Waals surface area contributed by atoms with Gasteiger partial charge < -0.3 is 15.0 Å². The van der Waals surface area contributed by atoms with Crippen LogP contribution in [0.2, 0.25) is 0 Å². The summed E-state index contributed by atoms with van der Waals surface area (Å²) in [6, 6.07) is 0.593. The van der Waals surface area contributed by atoms with Gasteiger partial charge in [0.05, 0.1) is 18.6 Å². The molecule has 3 heterocycles. The minimum Gasteiger partial charge on any atom is -0.374 e. The van der Waals surface area contributed by atoms with Crippen LogP contribution in [0.4, 0.5) is 0 Å². The molecule has 3 aliphatic heterocycles. The molecule has 3 rings (SSSR count). The second kappa shape index (κ2) is 7.92. The van der Waals surface area contributed by atoms with Crippen LogP contribution in [0.5, 0.6) is 0 Å². The number of piperazine rings is 1. The number of carbonyl (C=O) groups is 1. The first-order valence-electron chi connectivity index (χ1n) is 9.21. The highest BCUT2D eigenvalue weighted by Crippen LogP contribution is 2.15. The van der Waals surface area contributed by atoms with Crippen molar-refractivity contribution in [1.82, 2.24) is 20.0 Å². The van der Waals surface area contributed by atoms with E-state index in [9.17, 15) is 4.79 Å². The first-order valence-corrected chi connectivity index (χ1v) is 9.21. The van der Waals surface area contributed by atoms with Crippen LogP contribution in [0, 0.1) is 5.92 Å². The Morgan fingerprint density at radius 3 is 2.65 bits per heavy atom. The third-order valence-corrected chi connectivity index (χ3v) is 5.46. The van der Waals surface area contributed by atoms with Crippen molar-refractivity contribution in [3.05, 3.63) is 0 Å². The predicted octanol–water partition coefficient (Wildman–Crippen LogP) is -0.151. The Balaban J connectivity index is 1.41. The van der Waals surface area contributed by atoms with Gasteiger partial charge in [0, 0.05) is 58.4 Å². The molecule has 2 unspecified atom stereocenters. The molecule has 0 aromatic heterocycles. The van der Waals surface area contributed by atoms with E-state index < -0.39 is 0 Å². The highest BCUT2D eigenvalue weighted by Gasteiger charge is 2.30. The van der Waals surface area contributed by atoms with Gasteiger partial charge in [-0.2, -0.15) is 0 Å². The summed E-state index contributed by atoms with van der Waals surface area (Å²) >= 11 is 0. The summed E-state index contributed by atoms with van der Waals surface area (Å²) in [6.45, 7) is 14.0. The Morgan fingerprint density at radius 1 is 1.22 bits per heavy atom. The second-order valence-electron chi connectivity index (χ2n) is 7.40. The van der Waals surface area contributed by atoms with Crippen LogP contribution >= 0.6 is 0 Å². The average Bonchev–Trinajstić information content (AvgIpc) is 3.09. The molecule has 3 fully saturated rings. The number of nitrogens with zero attached hydrogens (tertiary/aromatic N) is 3. The fourth-order valence-corrected chi connectivity index (χ4v) is 3.88. The maximum Gasteiger partial charge on any atom is 0.227 e. The van der Waals surface area contributed by atoms with Gasteiger partial charge in [-0.3, -0.25) is 14.6 Å². The summed E-state index contributed by atoms with van der Waals surface area (Å²) in [5, 5.41) is 3.29. The zero-order chi connectivity index (χ0) is 16.2. The van der Waals surface area contributed by atoms with Crippen molar-refractivity contribution in [2.45, 2.75) is 32.4 Å². The largest absolute Gasteiger partial charge is 0.374 e. The number of hydrogen-bond donors (Lipinski definition) is 1. The van der Waals surface area contributed by atoms with Gasteiger partial charge in [0.25, 0.3) is 0 Å². The van der Waals surface area contributed by atoms with Crippen molar-refractivity contribution < 1.29 is 9.53 Å². The van der Waals surface area contributed by atoms with Gasteiger partial charge in [-0.15, -0.1) is 0 Å². The van der Waals surface area contributed by atoms with Gasteiger partial charge in [0.15, 0.2) is 0 Å². The van der Waals surface area contributed by atoms with E-state index >= 15 is 0 Å². The Bertz CT molecular complexity index is 390. The highest BCUT2D eigenvalue weighted by atomic mass is 16.5. The van der Waals surface area contributed by atoms with Crippen LogP contribution in [0.25, 0.3) is 0 Å². The number of rotatable bonds is 4. The van der Waals surface area contributed by atoms with Crippen LogP contribution in [0.15, 0.2) is 0 Å². The van der Waals surface area contributed by atoms with Crippen molar-refractivity contribution in [3.63, 3.8) is 0 Å².